The fourth-order valence-corrected chi connectivity index (χ4v) is 2.48. The van der Waals surface area contributed by atoms with Crippen molar-refractivity contribution >= 4 is 26.7 Å². The van der Waals surface area contributed by atoms with E-state index in [0.29, 0.717) is 6.61 Å². The van der Waals surface area contributed by atoms with E-state index in [0.717, 1.165) is 27.6 Å². The van der Waals surface area contributed by atoms with Crippen molar-refractivity contribution in [2.75, 3.05) is 25.6 Å². The fourth-order valence-electron chi connectivity index (χ4n) is 1.56. The molecule has 1 aromatic heterocycles. The lowest BCUT2D eigenvalue weighted by Crippen LogP contribution is -2.12. The Morgan fingerprint density at radius 3 is 2.94 bits per heavy atom. The maximum Gasteiger partial charge on any atom is 0.183 e. The molecule has 0 aliphatic carbocycles. The fraction of sp³-hybridized carbons (Fsp3) is 0.462. The summed E-state index contributed by atoms with van der Waals surface area (Å²) in [6.07, 6.45) is 0.270. The number of aromatic nitrogens is 1. The summed E-state index contributed by atoms with van der Waals surface area (Å²) in [5, 5.41) is 4.19. The number of methoxy groups -OCH3 is 1. The monoisotopic (exact) mass is 266 g/mol. The van der Waals surface area contributed by atoms with Crippen LogP contribution in [-0.2, 0) is 4.74 Å². The lowest BCUT2D eigenvalue weighted by Gasteiger charge is -2.07. The predicted octanol–water partition coefficient (Wildman–Crippen LogP) is 3.14. The first kappa shape index (κ1) is 13.1. The van der Waals surface area contributed by atoms with Crippen molar-refractivity contribution in [2.45, 2.75) is 20.0 Å². The van der Waals surface area contributed by atoms with Gasteiger partial charge in [-0.25, -0.2) is 4.98 Å². The number of hydrogen-bond acceptors (Lipinski definition) is 5. The number of ether oxygens (including phenoxy) is 2. The van der Waals surface area contributed by atoms with Gasteiger partial charge < -0.3 is 14.8 Å². The molecule has 0 aliphatic rings. The standard InChI is InChI=1S/C13H18N2O2S/c1-9(2)17-7-6-14-13-15-11-5-4-10(16-3)8-12(11)18-13/h4-5,8-9H,6-7H2,1-3H3,(H,14,15). The number of fused-ring (bicyclic) bond motifs is 1. The maximum atomic E-state index is 5.47. The Hall–Kier alpha value is -1.33. The van der Waals surface area contributed by atoms with Crippen LogP contribution in [-0.4, -0.2) is 31.3 Å². The first-order chi connectivity index (χ1) is 8.69. The molecule has 0 amide bonds. The number of nitrogens with zero attached hydrogens (tertiary/aromatic N) is 1. The largest absolute Gasteiger partial charge is 0.497 e. The van der Waals surface area contributed by atoms with Crippen molar-refractivity contribution in [2.24, 2.45) is 0 Å². The molecule has 0 saturated carbocycles. The molecule has 2 rings (SSSR count). The highest BCUT2D eigenvalue weighted by Gasteiger charge is 2.04. The third-order valence-electron chi connectivity index (χ3n) is 2.43. The molecule has 0 unspecified atom stereocenters. The number of hydrogen-bond donors (Lipinski definition) is 1. The molecule has 0 atom stereocenters. The molecule has 1 N–H and O–H groups in total. The van der Waals surface area contributed by atoms with Gasteiger partial charge in [0.2, 0.25) is 0 Å². The molecule has 1 aromatic carbocycles. The average molecular weight is 266 g/mol. The van der Waals surface area contributed by atoms with E-state index >= 15 is 0 Å². The normalized spacial score (nSPS) is 11.1. The summed E-state index contributed by atoms with van der Waals surface area (Å²) in [6, 6.07) is 5.90. The lowest BCUT2D eigenvalue weighted by molar-refractivity contribution is 0.0870. The van der Waals surface area contributed by atoms with Gasteiger partial charge in [0.05, 0.1) is 30.0 Å². The summed E-state index contributed by atoms with van der Waals surface area (Å²) in [5.74, 6) is 0.862. The second-order valence-corrected chi connectivity index (χ2v) is 5.23. The van der Waals surface area contributed by atoms with E-state index < -0.39 is 0 Å². The van der Waals surface area contributed by atoms with Gasteiger partial charge in [-0.1, -0.05) is 11.3 Å². The van der Waals surface area contributed by atoms with Crippen LogP contribution in [0, 0.1) is 0 Å². The first-order valence-electron chi connectivity index (χ1n) is 5.99. The Morgan fingerprint density at radius 1 is 1.39 bits per heavy atom. The minimum absolute atomic E-state index is 0.270. The molecular weight excluding hydrogens is 248 g/mol. The molecule has 0 aliphatic heterocycles. The van der Waals surface area contributed by atoms with Crippen molar-refractivity contribution in [3.8, 4) is 5.75 Å². The number of anilines is 1. The number of nitrogens with one attached hydrogen (secondary N) is 1. The van der Waals surface area contributed by atoms with E-state index in [-0.39, 0.29) is 6.10 Å². The van der Waals surface area contributed by atoms with Gasteiger partial charge in [0.25, 0.3) is 0 Å². The van der Waals surface area contributed by atoms with Crippen LogP contribution in [0.15, 0.2) is 18.2 Å². The zero-order chi connectivity index (χ0) is 13.0. The minimum Gasteiger partial charge on any atom is -0.497 e. The molecule has 0 bridgehead atoms. The van der Waals surface area contributed by atoms with Crippen molar-refractivity contribution in [1.82, 2.24) is 4.98 Å². The van der Waals surface area contributed by atoms with E-state index in [1.54, 1.807) is 18.4 Å². The molecular formula is C13H18N2O2S. The van der Waals surface area contributed by atoms with Crippen LogP contribution in [0.2, 0.25) is 0 Å². The second kappa shape index (κ2) is 6.02. The van der Waals surface area contributed by atoms with E-state index in [4.69, 9.17) is 9.47 Å². The number of benzene rings is 1. The molecule has 18 heavy (non-hydrogen) atoms. The van der Waals surface area contributed by atoms with Gasteiger partial charge in [-0.15, -0.1) is 0 Å². The molecule has 0 fully saturated rings. The highest BCUT2D eigenvalue weighted by atomic mass is 32.1. The van der Waals surface area contributed by atoms with Crippen molar-refractivity contribution in [1.29, 1.82) is 0 Å². The van der Waals surface area contributed by atoms with Crippen molar-refractivity contribution < 1.29 is 9.47 Å². The third kappa shape index (κ3) is 3.34. The summed E-state index contributed by atoms with van der Waals surface area (Å²) >= 11 is 1.63. The highest BCUT2D eigenvalue weighted by Crippen LogP contribution is 2.28. The van der Waals surface area contributed by atoms with Gasteiger partial charge in [0.15, 0.2) is 5.13 Å². The van der Waals surface area contributed by atoms with Crippen molar-refractivity contribution in [3.05, 3.63) is 18.2 Å². The van der Waals surface area contributed by atoms with E-state index in [9.17, 15) is 0 Å². The predicted molar refractivity (Wildman–Crippen MR) is 75.7 cm³/mol. The third-order valence-corrected chi connectivity index (χ3v) is 3.40. The van der Waals surface area contributed by atoms with Crippen LogP contribution in [0.1, 0.15) is 13.8 Å². The quantitative estimate of drug-likeness (QED) is 0.816. The van der Waals surface area contributed by atoms with Crippen LogP contribution < -0.4 is 10.1 Å². The number of rotatable bonds is 6. The maximum absolute atomic E-state index is 5.47. The first-order valence-corrected chi connectivity index (χ1v) is 6.80. The molecule has 5 heteroatoms. The Bertz CT molecular complexity index is 511. The Morgan fingerprint density at radius 2 is 2.22 bits per heavy atom. The zero-order valence-corrected chi connectivity index (χ0v) is 11.7. The van der Waals surface area contributed by atoms with Crippen LogP contribution in [0.4, 0.5) is 5.13 Å². The lowest BCUT2D eigenvalue weighted by atomic mass is 10.3. The summed E-state index contributed by atoms with van der Waals surface area (Å²) in [4.78, 5) is 4.50. The average Bonchev–Trinajstić information content (AvgIpc) is 2.75. The van der Waals surface area contributed by atoms with Gasteiger partial charge in [0.1, 0.15) is 5.75 Å². The molecule has 0 radical (unpaired) electrons. The van der Waals surface area contributed by atoms with Gasteiger partial charge in [-0.2, -0.15) is 0 Å². The van der Waals surface area contributed by atoms with E-state index in [2.05, 4.69) is 10.3 Å². The SMILES string of the molecule is COc1ccc2nc(NCCOC(C)C)sc2c1. The van der Waals surface area contributed by atoms with E-state index in [1.165, 1.54) is 0 Å². The smallest absolute Gasteiger partial charge is 0.183 e. The van der Waals surface area contributed by atoms with Crippen molar-refractivity contribution in [3.63, 3.8) is 0 Å². The van der Waals surface area contributed by atoms with Gasteiger partial charge in [-0.3, -0.25) is 0 Å². The Kier molecular flexibility index (Phi) is 4.38. The molecule has 98 valence electrons. The molecule has 0 spiro atoms. The molecule has 1 heterocycles. The second-order valence-electron chi connectivity index (χ2n) is 4.20. The van der Waals surface area contributed by atoms with Gasteiger partial charge in [0, 0.05) is 6.54 Å². The topological polar surface area (TPSA) is 43.4 Å². The minimum atomic E-state index is 0.270. The molecule has 2 aromatic rings. The molecule has 4 nitrogen and oxygen atoms in total. The summed E-state index contributed by atoms with van der Waals surface area (Å²) < 4.78 is 11.8. The summed E-state index contributed by atoms with van der Waals surface area (Å²) in [5.41, 5.74) is 0.994. The van der Waals surface area contributed by atoms with Gasteiger partial charge in [-0.05, 0) is 32.0 Å². The van der Waals surface area contributed by atoms with Crippen LogP contribution >= 0.6 is 11.3 Å². The highest BCUT2D eigenvalue weighted by molar-refractivity contribution is 7.22. The Balaban J connectivity index is 1.97. The van der Waals surface area contributed by atoms with Crippen LogP contribution in [0.3, 0.4) is 0 Å². The van der Waals surface area contributed by atoms with Gasteiger partial charge >= 0.3 is 0 Å². The van der Waals surface area contributed by atoms with Crippen LogP contribution in [0.25, 0.3) is 10.2 Å². The molecule has 0 saturated heterocycles. The number of thiazole rings is 1. The summed E-state index contributed by atoms with van der Waals surface area (Å²) in [7, 11) is 1.67. The Labute approximate surface area is 111 Å². The zero-order valence-electron chi connectivity index (χ0n) is 10.9. The summed E-state index contributed by atoms with van der Waals surface area (Å²) in [6.45, 7) is 5.53. The van der Waals surface area contributed by atoms with E-state index in [1.807, 2.05) is 32.0 Å². The van der Waals surface area contributed by atoms with Crippen LogP contribution in [0.5, 0.6) is 5.75 Å².